The smallest absolute Gasteiger partial charge is 0.410 e. The molecule has 4 heterocycles. The number of hydrogen-bond donors (Lipinski definition) is 1. The lowest BCUT2D eigenvalue weighted by Gasteiger charge is -2.30. The van der Waals surface area contributed by atoms with Crippen molar-refractivity contribution in [2.45, 2.75) is 39.5 Å². The molecule has 7 heteroatoms. The fraction of sp³-hybridized carbons (Fsp3) is 0.292. The number of carbonyl (C=O) groups excluding carboxylic acids is 1. The Balaban J connectivity index is 1.60. The number of fused-ring (bicyclic) bond motifs is 2. The molecular formula is C24H25N5O2. The summed E-state index contributed by atoms with van der Waals surface area (Å²) in [6.07, 6.45) is 5.21. The van der Waals surface area contributed by atoms with Crippen molar-refractivity contribution in [3.8, 4) is 22.4 Å². The highest BCUT2D eigenvalue weighted by atomic mass is 16.6. The van der Waals surface area contributed by atoms with Crippen LogP contribution in [0, 0.1) is 0 Å². The monoisotopic (exact) mass is 415 g/mol. The standard InChI is InChI=1S/C24H25N5O2/c1-24(2,3)31-23(30)28-12-13-29-20(15-28)21(16-6-9-25-10-7-16)22(27-29)18-4-5-19-17(14-18)8-11-26-19/h4-11,14,26H,12-13,15H2,1-3H3. The third kappa shape index (κ3) is 3.67. The molecule has 0 fully saturated rings. The Bertz CT molecular complexity index is 1250. The van der Waals surface area contributed by atoms with Gasteiger partial charge in [-0.25, -0.2) is 4.79 Å². The third-order valence-corrected chi connectivity index (χ3v) is 5.43. The summed E-state index contributed by atoms with van der Waals surface area (Å²) in [6, 6.07) is 12.3. The molecule has 0 radical (unpaired) electrons. The summed E-state index contributed by atoms with van der Waals surface area (Å²) in [5.74, 6) is 0. The second-order valence-corrected chi connectivity index (χ2v) is 8.81. The predicted molar refractivity (Wildman–Crippen MR) is 119 cm³/mol. The van der Waals surface area contributed by atoms with Crippen LogP contribution in [0.5, 0.6) is 0 Å². The number of ether oxygens (including phenoxy) is 1. The van der Waals surface area contributed by atoms with E-state index in [1.54, 1.807) is 17.3 Å². The number of carbonyl (C=O) groups is 1. The van der Waals surface area contributed by atoms with Gasteiger partial charge >= 0.3 is 6.09 Å². The van der Waals surface area contributed by atoms with Crippen molar-refractivity contribution >= 4 is 17.0 Å². The van der Waals surface area contributed by atoms with Gasteiger partial charge in [0.2, 0.25) is 0 Å². The minimum atomic E-state index is -0.528. The molecule has 1 aliphatic heterocycles. The molecule has 31 heavy (non-hydrogen) atoms. The molecule has 0 atom stereocenters. The first-order chi connectivity index (χ1) is 14.9. The Hall–Kier alpha value is -3.61. The molecular weight excluding hydrogens is 390 g/mol. The maximum atomic E-state index is 12.7. The van der Waals surface area contributed by atoms with Crippen molar-refractivity contribution < 1.29 is 9.53 Å². The molecule has 0 bridgehead atoms. The highest BCUT2D eigenvalue weighted by Crippen LogP contribution is 2.37. The summed E-state index contributed by atoms with van der Waals surface area (Å²) in [5, 5.41) is 6.10. The maximum Gasteiger partial charge on any atom is 0.410 e. The molecule has 1 aromatic carbocycles. The lowest BCUT2D eigenvalue weighted by molar-refractivity contribution is 0.0195. The largest absolute Gasteiger partial charge is 0.444 e. The minimum absolute atomic E-state index is 0.295. The van der Waals surface area contributed by atoms with E-state index in [1.807, 2.05) is 43.8 Å². The first-order valence-electron chi connectivity index (χ1n) is 10.4. The van der Waals surface area contributed by atoms with Gasteiger partial charge in [0.25, 0.3) is 0 Å². The van der Waals surface area contributed by atoms with Gasteiger partial charge in [-0.2, -0.15) is 5.10 Å². The van der Waals surface area contributed by atoms with Crippen molar-refractivity contribution in [3.63, 3.8) is 0 Å². The van der Waals surface area contributed by atoms with Gasteiger partial charge in [0.1, 0.15) is 11.3 Å². The van der Waals surface area contributed by atoms with Crippen molar-refractivity contribution in [1.29, 1.82) is 0 Å². The Labute approximate surface area is 180 Å². The molecule has 0 aliphatic carbocycles. The average Bonchev–Trinajstić information content (AvgIpc) is 3.36. The van der Waals surface area contributed by atoms with Gasteiger partial charge in [-0.05, 0) is 56.7 Å². The Morgan fingerprint density at radius 2 is 1.87 bits per heavy atom. The van der Waals surface area contributed by atoms with E-state index in [-0.39, 0.29) is 6.09 Å². The van der Waals surface area contributed by atoms with Gasteiger partial charge in [0, 0.05) is 47.2 Å². The number of benzene rings is 1. The van der Waals surface area contributed by atoms with E-state index in [0.717, 1.165) is 39.0 Å². The summed E-state index contributed by atoms with van der Waals surface area (Å²) in [7, 11) is 0. The van der Waals surface area contributed by atoms with Crippen molar-refractivity contribution in [1.82, 2.24) is 24.6 Å². The van der Waals surface area contributed by atoms with E-state index in [1.165, 1.54) is 0 Å². The number of rotatable bonds is 2. The van der Waals surface area contributed by atoms with E-state index < -0.39 is 5.60 Å². The number of aromatic nitrogens is 4. The normalized spacial score (nSPS) is 14.0. The second kappa shape index (κ2) is 7.27. The number of amides is 1. The van der Waals surface area contributed by atoms with Crippen LogP contribution in [-0.2, 0) is 17.8 Å². The maximum absolute atomic E-state index is 12.7. The number of nitrogens with one attached hydrogen (secondary N) is 1. The quantitative estimate of drug-likeness (QED) is 0.508. The minimum Gasteiger partial charge on any atom is -0.444 e. The fourth-order valence-corrected chi connectivity index (χ4v) is 4.02. The zero-order valence-electron chi connectivity index (χ0n) is 17.9. The lowest BCUT2D eigenvalue weighted by atomic mass is 9.98. The zero-order valence-corrected chi connectivity index (χ0v) is 17.9. The molecule has 1 aliphatic rings. The van der Waals surface area contributed by atoms with E-state index in [2.05, 4.69) is 34.2 Å². The van der Waals surface area contributed by atoms with E-state index in [9.17, 15) is 4.79 Å². The molecule has 5 rings (SSSR count). The predicted octanol–water partition coefficient (Wildman–Crippen LogP) is 4.84. The average molecular weight is 415 g/mol. The summed E-state index contributed by atoms with van der Waals surface area (Å²) in [4.78, 5) is 21.9. The van der Waals surface area contributed by atoms with Crippen LogP contribution in [0.25, 0.3) is 33.3 Å². The molecule has 1 N–H and O–H groups in total. The van der Waals surface area contributed by atoms with Crippen molar-refractivity contribution in [2.24, 2.45) is 0 Å². The number of pyridine rings is 1. The summed E-state index contributed by atoms with van der Waals surface area (Å²) in [5.41, 5.74) is 5.60. The number of hydrogen-bond acceptors (Lipinski definition) is 4. The Morgan fingerprint density at radius 1 is 1.06 bits per heavy atom. The van der Waals surface area contributed by atoms with E-state index in [0.29, 0.717) is 19.6 Å². The van der Waals surface area contributed by atoms with Crippen LogP contribution in [-0.4, -0.2) is 42.9 Å². The number of aromatic amines is 1. The van der Waals surface area contributed by atoms with Crippen LogP contribution >= 0.6 is 0 Å². The summed E-state index contributed by atoms with van der Waals surface area (Å²) < 4.78 is 7.63. The molecule has 7 nitrogen and oxygen atoms in total. The van der Waals surface area contributed by atoms with Crippen LogP contribution in [0.1, 0.15) is 26.5 Å². The van der Waals surface area contributed by atoms with Crippen molar-refractivity contribution in [2.75, 3.05) is 6.54 Å². The molecule has 0 saturated carbocycles. The van der Waals surface area contributed by atoms with Crippen LogP contribution in [0.15, 0.2) is 55.0 Å². The van der Waals surface area contributed by atoms with Gasteiger partial charge < -0.3 is 14.6 Å². The van der Waals surface area contributed by atoms with E-state index >= 15 is 0 Å². The second-order valence-electron chi connectivity index (χ2n) is 8.81. The van der Waals surface area contributed by atoms with Crippen LogP contribution < -0.4 is 0 Å². The molecule has 1 amide bonds. The van der Waals surface area contributed by atoms with Gasteiger partial charge in [0.05, 0.1) is 18.8 Å². The molecule has 0 spiro atoms. The van der Waals surface area contributed by atoms with Crippen LogP contribution in [0.3, 0.4) is 0 Å². The van der Waals surface area contributed by atoms with E-state index in [4.69, 9.17) is 9.84 Å². The highest BCUT2D eigenvalue weighted by molar-refractivity contribution is 5.89. The first kappa shape index (κ1) is 19.4. The lowest BCUT2D eigenvalue weighted by Crippen LogP contribution is -2.41. The molecule has 0 saturated heterocycles. The molecule has 4 aromatic rings. The number of nitrogens with zero attached hydrogens (tertiary/aromatic N) is 4. The molecule has 0 unspecified atom stereocenters. The molecule has 158 valence electrons. The van der Waals surface area contributed by atoms with Crippen LogP contribution in [0.2, 0.25) is 0 Å². The summed E-state index contributed by atoms with van der Waals surface area (Å²) in [6.45, 7) is 7.30. The van der Waals surface area contributed by atoms with Gasteiger partial charge in [-0.15, -0.1) is 0 Å². The topological polar surface area (TPSA) is 76.0 Å². The third-order valence-electron chi connectivity index (χ3n) is 5.43. The van der Waals surface area contributed by atoms with Crippen LogP contribution in [0.4, 0.5) is 4.79 Å². The Kier molecular flexibility index (Phi) is 4.54. The first-order valence-corrected chi connectivity index (χ1v) is 10.4. The zero-order chi connectivity index (χ0) is 21.6. The SMILES string of the molecule is CC(C)(C)OC(=O)N1CCn2nc(-c3ccc4[nH]ccc4c3)c(-c3ccncc3)c2C1. The summed E-state index contributed by atoms with van der Waals surface area (Å²) >= 11 is 0. The highest BCUT2D eigenvalue weighted by Gasteiger charge is 2.30. The van der Waals surface area contributed by atoms with Gasteiger partial charge in [-0.3, -0.25) is 9.67 Å². The van der Waals surface area contributed by atoms with Gasteiger partial charge in [-0.1, -0.05) is 6.07 Å². The van der Waals surface area contributed by atoms with Crippen molar-refractivity contribution in [3.05, 3.63) is 60.7 Å². The van der Waals surface area contributed by atoms with Gasteiger partial charge in [0.15, 0.2) is 0 Å². The molecule has 3 aromatic heterocycles. The fourth-order valence-electron chi connectivity index (χ4n) is 4.02. The number of H-pyrrole nitrogens is 1. The Morgan fingerprint density at radius 3 is 2.65 bits per heavy atom.